The molecule has 116 valence electrons. The first-order valence-corrected chi connectivity index (χ1v) is 7.79. The van der Waals surface area contributed by atoms with Crippen molar-refractivity contribution >= 4 is 5.91 Å². The van der Waals surface area contributed by atoms with E-state index in [1.807, 2.05) is 46.1 Å². The van der Waals surface area contributed by atoms with E-state index in [1.165, 1.54) is 5.56 Å². The van der Waals surface area contributed by atoms with Gasteiger partial charge in [-0.1, -0.05) is 18.2 Å². The summed E-state index contributed by atoms with van der Waals surface area (Å²) in [5, 5.41) is 4.44. The second-order valence-electron chi connectivity index (χ2n) is 5.76. The highest BCUT2D eigenvalue weighted by Crippen LogP contribution is 2.11. The molecular weight excluding hydrogens is 276 g/mol. The maximum absolute atomic E-state index is 11.5. The lowest BCUT2D eigenvalue weighted by Crippen LogP contribution is -2.33. The minimum Gasteiger partial charge on any atom is -0.342 e. The zero-order valence-corrected chi connectivity index (χ0v) is 13.0. The summed E-state index contributed by atoms with van der Waals surface area (Å²) in [6.45, 7) is 6.19. The molecule has 0 unspecified atom stereocenters. The summed E-state index contributed by atoms with van der Waals surface area (Å²) in [7, 11) is 0. The van der Waals surface area contributed by atoms with E-state index >= 15 is 0 Å². The van der Waals surface area contributed by atoms with Crippen LogP contribution in [0.3, 0.4) is 0 Å². The predicted octanol–water partition coefficient (Wildman–Crippen LogP) is 1.93. The summed E-state index contributed by atoms with van der Waals surface area (Å²) in [6.07, 6.45) is 5.05. The molecule has 2 heterocycles. The highest BCUT2D eigenvalue weighted by atomic mass is 16.2. The van der Waals surface area contributed by atoms with Gasteiger partial charge in [-0.3, -0.25) is 9.69 Å². The Bertz CT molecular complexity index is 623. The number of carbonyl (C=O) groups is 1. The fourth-order valence-electron chi connectivity index (χ4n) is 2.87. The molecule has 5 heteroatoms. The highest BCUT2D eigenvalue weighted by molar-refractivity contribution is 5.73. The number of amides is 1. The molecular formula is C17H22N4O. The molecule has 22 heavy (non-hydrogen) atoms. The van der Waals surface area contributed by atoms with E-state index in [9.17, 15) is 4.79 Å². The van der Waals surface area contributed by atoms with E-state index < -0.39 is 0 Å². The summed E-state index contributed by atoms with van der Waals surface area (Å²) in [4.78, 5) is 15.8. The predicted molar refractivity (Wildman–Crippen MR) is 85.7 cm³/mol. The van der Waals surface area contributed by atoms with Gasteiger partial charge in [-0.2, -0.15) is 5.10 Å². The number of aromatic nitrogens is 2. The van der Waals surface area contributed by atoms with Crippen molar-refractivity contribution in [2.24, 2.45) is 0 Å². The summed E-state index contributed by atoms with van der Waals surface area (Å²) >= 11 is 0. The van der Waals surface area contributed by atoms with Crippen molar-refractivity contribution in [3.8, 4) is 5.69 Å². The summed E-state index contributed by atoms with van der Waals surface area (Å²) in [5.74, 6) is 0.179. The molecule has 0 atom stereocenters. The Labute approximate surface area is 131 Å². The Balaban J connectivity index is 1.62. The first kappa shape index (κ1) is 14.8. The van der Waals surface area contributed by atoms with Crippen LogP contribution in [0.2, 0.25) is 0 Å². The number of para-hydroxylation sites is 1. The third kappa shape index (κ3) is 3.54. The minimum atomic E-state index is 0.179. The van der Waals surface area contributed by atoms with Gasteiger partial charge in [-0.25, -0.2) is 4.68 Å². The van der Waals surface area contributed by atoms with Gasteiger partial charge >= 0.3 is 0 Å². The van der Waals surface area contributed by atoms with Crippen LogP contribution in [-0.2, 0) is 11.3 Å². The minimum absolute atomic E-state index is 0.179. The first-order chi connectivity index (χ1) is 10.7. The Morgan fingerprint density at radius 1 is 1.14 bits per heavy atom. The molecule has 1 amide bonds. The van der Waals surface area contributed by atoms with Crippen LogP contribution in [0.1, 0.15) is 18.9 Å². The molecule has 0 spiro atoms. The van der Waals surface area contributed by atoms with Crippen molar-refractivity contribution in [1.29, 1.82) is 0 Å². The van der Waals surface area contributed by atoms with Gasteiger partial charge in [0.15, 0.2) is 0 Å². The van der Waals surface area contributed by atoms with Crippen molar-refractivity contribution in [1.82, 2.24) is 19.6 Å². The number of rotatable bonds is 3. The van der Waals surface area contributed by atoms with Crippen molar-refractivity contribution < 1.29 is 4.79 Å². The largest absolute Gasteiger partial charge is 0.342 e. The molecule has 1 aromatic carbocycles. The Kier molecular flexibility index (Phi) is 4.53. The van der Waals surface area contributed by atoms with Gasteiger partial charge in [0.25, 0.3) is 0 Å². The topological polar surface area (TPSA) is 41.4 Å². The molecule has 0 bridgehead atoms. The second-order valence-corrected chi connectivity index (χ2v) is 5.76. The maximum atomic E-state index is 11.5. The van der Waals surface area contributed by atoms with Crippen LogP contribution in [0.25, 0.3) is 5.69 Å². The molecule has 0 saturated carbocycles. The summed E-state index contributed by atoms with van der Waals surface area (Å²) in [6, 6.07) is 10.1. The molecule has 0 aliphatic carbocycles. The third-order valence-electron chi connectivity index (χ3n) is 4.10. The zero-order valence-electron chi connectivity index (χ0n) is 13.0. The van der Waals surface area contributed by atoms with Gasteiger partial charge in [0.1, 0.15) is 0 Å². The molecule has 1 aliphatic rings. The third-order valence-corrected chi connectivity index (χ3v) is 4.10. The standard InChI is InChI=1S/C17H22N4O/c1-15(22)20-9-5-8-19(10-11-20)13-16-12-18-21(14-16)17-6-3-2-4-7-17/h2-4,6-7,12,14H,5,8-11,13H2,1H3. The van der Waals surface area contributed by atoms with E-state index in [4.69, 9.17) is 0 Å². The Morgan fingerprint density at radius 3 is 2.73 bits per heavy atom. The SMILES string of the molecule is CC(=O)N1CCCN(Cc2cnn(-c3ccccc3)c2)CC1. The van der Waals surface area contributed by atoms with Gasteiger partial charge < -0.3 is 4.90 Å². The number of benzene rings is 1. The van der Waals surface area contributed by atoms with E-state index in [1.54, 1.807) is 6.92 Å². The summed E-state index contributed by atoms with van der Waals surface area (Å²) < 4.78 is 1.91. The van der Waals surface area contributed by atoms with E-state index in [0.717, 1.165) is 44.8 Å². The van der Waals surface area contributed by atoms with Crippen LogP contribution in [0.4, 0.5) is 0 Å². The van der Waals surface area contributed by atoms with Crippen molar-refractivity contribution in [2.75, 3.05) is 26.2 Å². The van der Waals surface area contributed by atoms with Crippen LogP contribution in [-0.4, -0.2) is 51.7 Å². The van der Waals surface area contributed by atoms with Crippen molar-refractivity contribution in [3.05, 3.63) is 48.3 Å². The lowest BCUT2D eigenvalue weighted by atomic mass is 10.3. The molecule has 0 N–H and O–H groups in total. The number of hydrogen-bond donors (Lipinski definition) is 0. The average molecular weight is 298 g/mol. The van der Waals surface area contributed by atoms with Gasteiger partial charge in [0, 0.05) is 51.4 Å². The van der Waals surface area contributed by atoms with Crippen molar-refractivity contribution in [2.45, 2.75) is 19.9 Å². The molecule has 1 aliphatic heterocycles. The van der Waals surface area contributed by atoms with E-state index in [2.05, 4.69) is 16.2 Å². The zero-order chi connectivity index (χ0) is 15.4. The number of hydrogen-bond acceptors (Lipinski definition) is 3. The molecule has 2 aromatic rings. The quantitative estimate of drug-likeness (QED) is 0.869. The lowest BCUT2D eigenvalue weighted by Gasteiger charge is -2.20. The number of nitrogens with zero attached hydrogens (tertiary/aromatic N) is 4. The van der Waals surface area contributed by atoms with Crippen molar-refractivity contribution in [3.63, 3.8) is 0 Å². The summed E-state index contributed by atoms with van der Waals surface area (Å²) in [5.41, 5.74) is 2.28. The Morgan fingerprint density at radius 2 is 1.95 bits per heavy atom. The fraction of sp³-hybridized carbons (Fsp3) is 0.412. The molecule has 1 fully saturated rings. The van der Waals surface area contributed by atoms with E-state index in [-0.39, 0.29) is 5.91 Å². The molecule has 1 aromatic heterocycles. The van der Waals surface area contributed by atoms with E-state index in [0.29, 0.717) is 0 Å². The monoisotopic (exact) mass is 298 g/mol. The highest BCUT2D eigenvalue weighted by Gasteiger charge is 2.17. The van der Waals surface area contributed by atoms with Crippen LogP contribution >= 0.6 is 0 Å². The molecule has 1 saturated heterocycles. The molecule has 5 nitrogen and oxygen atoms in total. The van der Waals surface area contributed by atoms with Crippen LogP contribution in [0, 0.1) is 0 Å². The lowest BCUT2D eigenvalue weighted by molar-refractivity contribution is -0.128. The average Bonchev–Trinajstić information content (AvgIpc) is 2.86. The second kappa shape index (κ2) is 6.75. The van der Waals surface area contributed by atoms with Gasteiger partial charge in [0.2, 0.25) is 5.91 Å². The molecule has 0 radical (unpaired) electrons. The molecule has 3 rings (SSSR count). The fourth-order valence-corrected chi connectivity index (χ4v) is 2.87. The van der Waals surface area contributed by atoms with Crippen LogP contribution in [0.15, 0.2) is 42.7 Å². The maximum Gasteiger partial charge on any atom is 0.219 e. The normalized spacial score (nSPS) is 16.5. The first-order valence-electron chi connectivity index (χ1n) is 7.79. The smallest absolute Gasteiger partial charge is 0.219 e. The van der Waals surface area contributed by atoms with Gasteiger partial charge in [0.05, 0.1) is 11.9 Å². The van der Waals surface area contributed by atoms with Gasteiger partial charge in [-0.15, -0.1) is 0 Å². The van der Waals surface area contributed by atoms with Gasteiger partial charge in [-0.05, 0) is 18.6 Å². The number of carbonyl (C=O) groups excluding carboxylic acids is 1. The van der Waals surface area contributed by atoms with Crippen LogP contribution < -0.4 is 0 Å². The van der Waals surface area contributed by atoms with Crippen LogP contribution in [0.5, 0.6) is 0 Å². The Hall–Kier alpha value is -2.14.